The standard InChI is InChI=1S/C23H30N2O3/c1-4-18(3)24-23(27)21(5-2)25(16-19-12-8-6-9-13-19)22(26)17-28-20-14-10-7-11-15-20/h6-15,18,21H,4-5,16-17H2,1-3H3,(H,24,27)/t18-,21+/m0/s1. The van der Waals surface area contributed by atoms with Crippen LogP contribution >= 0.6 is 0 Å². The van der Waals surface area contributed by atoms with Gasteiger partial charge in [-0.2, -0.15) is 0 Å². The van der Waals surface area contributed by atoms with E-state index in [9.17, 15) is 9.59 Å². The van der Waals surface area contributed by atoms with Crippen molar-refractivity contribution in [3.05, 3.63) is 66.2 Å². The highest BCUT2D eigenvalue weighted by Gasteiger charge is 2.29. The van der Waals surface area contributed by atoms with Crippen LogP contribution in [0.3, 0.4) is 0 Å². The topological polar surface area (TPSA) is 58.6 Å². The zero-order chi connectivity index (χ0) is 20.4. The maximum atomic E-state index is 13.0. The second kappa shape index (κ2) is 11.1. The second-order valence-electron chi connectivity index (χ2n) is 6.85. The molecule has 5 heteroatoms. The first kappa shape index (κ1) is 21.5. The first-order valence-corrected chi connectivity index (χ1v) is 9.86. The molecule has 0 radical (unpaired) electrons. The van der Waals surface area contributed by atoms with Gasteiger partial charge in [0.1, 0.15) is 11.8 Å². The normalized spacial score (nSPS) is 12.7. The molecule has 2 rings (SSSR count). The lowest BCUT2D eigenvalue weighted by atomic mass is 10.1. The average molecular weight is 383 g/mol. The van der Waals surface area contributed by atoms with E-state index in [0.29, 0.717) is 18.7 Å². The number of hydrogen-bond acceptors (Lipinski definition) is 3. The molecule has 2 aromatic carbocycles. The third-order valence-electron chi connectivity index (χ3n) is 4.69. The summed E-state index contributed by atoms with van der Waals surface area (Å²) in [6.07, 6.45) is 1.37. The Balaban J connectivity index is 2.16. The van der Waals surface area contributed by atoms with Crippen molar-refractivity contribution in [2.24, 2.45) is 0 Å². The van der Waals surface area contributed by atoms with Crippen molar-refractivity contribution in [3.8, 4) is 5.75 Å². The van der Waals surface area contributed by atoms with Crippen LogP contribution in [0.1, 0.15) is 39.2 Å². The minimum absolute atomic E-state index is 0.0656. The van der Waals surface area contributed by atoms with E-state index in [4.69, 9.17) is 4.74 Å². The molecule has 2 aromatic rings. The number of para-hydroxylation sites is 1. The van der Waals surface area contributed by atoms with Crippen LogP contribution in [0, 0.1) is 0 Å². The molecule has 0 heterocycles. The first-order chi connectivity index (χ1) is 13.5. The average Bonchev–Trinajstić information content (AvgIpc) is 2.73. The summed E-state index contributed by atoms with van der Waals surface area (Å²) in [7, 11) is 0. The highest BCUT2D eigenvalue weighted by Crippen LogP contribution is 2.14. The van der Waals surface area contributed by atoms with Gasteiger partial charge >= 0.3 is 0 Å². The van der Waals surface area contributed by atoms with Gasteiger partial charge in [-0.25, -0.2) is 0 Å². The lowest BCUT2D eigenvalue weighted by Crippen LogP contribution is -2.51. The summed E-state index contributed by atoms with van der Waals surface area (Å²) in [6, 6.07) is 18.4. The number of hydrogen-bond donors (Lipinski definition) is 1. The van der Waals surface area contributed by atoms with Gasteiger partial charge in [-0.1, -0.05) is 62.4 Å². The van der Waals surface area contributed by atoms with Crippen LogP contribution in [0.5, 0.6) is 5.75 Å². The number of nitrogens with one attached hydrogen (secondary N) is 1. The third-order valence-corrected chi connectivity index (χ3v) is 4.69. The predicted octanol–water partition coefficient (Wildman–Crippen LogP) is 3.79. The second-order valence-corrected chi connectivity index (χ2v) is 6.85. The summed E-state index contributed by atoms with van der Waals surface area (Å²) in [5.74, 6) is 0.298. The number of benzene rings is 2. The highest BCUT2D eigenvalue weighted by atomic mass is 16.5. The molecular weight excluding hydrogens is 352 g/mol. The van der Waals surface area contributed by atoms with Crippen LogP contribution in [0.25, 0.3) is 0 Å². The Bertz CT molecular complexity index is 734. The maximum Gasteiger partial charge on any atom is 0.261 e. The van der Waals surface area contributed by atoms with Crippen molar-refractivity contribution in [2.45, 2.75) is 52.2 Å². The molecule has 0 fully saturated rings. The van der Waals surface area contributed by atoms with Gasteiger partial charge in [0.25, 0.3) is 5.91 Å². The summed E-state index contributed by atoms with van der Waals surface area (Å²) in [5.41, 5.74) is 0.977. The van der Waals surface area contributed by atoms with Crippen molar-refractivity contribution >= 4 is 11.8 Å². The van der Waals surface area contributed by atoms with E-state index < -0.39 is 6.04 Å². The molecule has 2 amide bonds. The van der Waals surface area contributed by atoms with E-state index in [1.807, 2.05) is 81.4 Å². The summed E-state index contributed by atoms with van der Waals surface area (Å²) in [4.78, 5) is 27.4. The molecule has 28 heavy (non-hydrogen) atoms. The van der Waals surface area contributed by atoms with Gasteiger partial charge < -0.3 is 15.0 Å². The SMILES string of the molecule is CC[C@H](C(=O)N[C@@H](C)CC)N(Cc1ccccc1)C(=O)COc1ccccc1. The lowest BCUT2D eigenvalue weighted by Gasteiger charge is -2.31. The van der Waals surface area contributed by atoms with Crippen molar-refractivity contribution in [3.63, 3.8) is 0 Å². The van der Waals surface area contributed by atoms with E-state index in [0.717, 1.165) is 12.0 Å². The first-order valence-electron chi connectivity index (χ1n) is 9.86. The summed E-state index contributed by atoms with van der Waals surface area (Å²) >= 11 is 0. The Hall–Kier alpha value is -2.82. The molecule has 0 unspecified atom stereocenters. The summed E-state index contributed by atoms with van der Waals surface area (Å²) < 4.78 is 5.64. The zero-order valence-electron chi connectivity index (χ0n) is 16.9. The van der Waals surface area contributed by atoms with Crippen LogP contribution in [0.4, 0.5) is 0 Å². The molecule has 150 valence electrons. The van der Waals surface area contributed by atoms with E-state index in [-0.39, 0.29) is 24.5 Å². The lowest BCUT2D eigenvalue weighted by molar-refractivity contribution is -0.143. The Kier molecular flexibility index (Phi) is 8.53. The molecule has 0 aliphatic heterocycles. The van der Waals surface area contributed by atoms with Gasteiger partial charge in [0.05, 0.1) is 0 Å². The number of ether oxygens (including phenoxy) is 1. The van der Waals surface area contributed by atoms with Crippen LogP contribution in [0.15, 0.2) is 60.7 Å². The zero-order valence-corrected chi connectivity index (χ0v) is 16.9. The number of carbonyl (C=O) groups excluding carboxylic acids is 2. The fourth-order valence-corrected chi connectivity index (χ4v) is 2.89. The highest BCUT2D eigenvalue weighted by molar-refractivity contribution is 5.88. The number of amides is 2. The molecule has 0 aromatic heterocycles. The molecule has 0 aliphatic rings. The van der Waals surface area contributed by atoms with Crippen molar-refractivity contribution in [1.29, 1.82) is 0 Å². The van der Waals surface area contributed by atoms with Gasteiger partial charge in [0, 0.05) is 12.6 Å². The molecule has 0 saturated carbocycles. The minimum atomic E-state index is -0.541. The van der Waals surface area contributed by atoms with Crippen LogP contribution in [-0.4, -0.2) is 35.4 Å². The quantitative estimate of drug-likeness (QED) is 0.680. The number of carbonyl (C=O) groups is 2. The monoisotopic (exact) mass is 382 g/mol. The van der Waals surface area contributed by atoms with Gasteiger partial charge in [-0.3, -0.25) is 9.59 Å². The molecular formula is C23H30N2O3. The smallest absolute Gasteiger partial charge is 0.261 e. The Morgan fingerprint density at radius 2 is 1.57 bits per heavy atom. The predicted molar refractivity (Wildman–Crippen MR) is 111 cm³/mol. The molecule has 0 aliphatic carbocycles. The van der Waals surface area contributed by atoms with Crippen molar-refractivity contribution in [2.75, 3.05) is 6.61 Å². The van der Waals surface area contributed by atoms with Gasteiger partial charge in [0.15, 0.2) is 6.61 Å². The van der Waals surface area contributed by atoms with Crippen molar-refractivity contribution < 1.29 is 14.3 Å². The number of rotatable bonds is 10. The molecule has 0 saturated heterocycles. The summed E-state index contributed by atoms with van der Waals surface area (Å²) in [5, 5.41) is 3.00. The van der Waals surface area contributed by atoms with Crippen LogP contribution in [-0.2, 0) is 16.1 Å². The Morgan fingerprint density at radius 3 is 2.14 bits per heavy atom. The van der Waals surface area contributed by atoms with E-state index in [2.05, 4.69) is 5.32 Å². The molecule has 5 nitrogen and oxygen atoms in total. The molecule has 2 atom stereocenters. The third kappa shape index (κ3) is 6.41. The molecule has 0 bridgehead atoms. The number of nitrogens with zero attached hydrogens (tertiary/aromatic N) is 1. The summed E-state index contributed by atoms with van der Waals surface area (Å²) in [6.45, 7) is 6.16. The van der Waals surface area contributed by atoms with Gasteiger partial charge in [0.2, 0.25) is 5.91 Å². The fourth-order valence-electron chi connectivity index (χ4n) is 2.89. The Morgan fingerprint density at radius 1 is 0.964 bits per heavy atom. The Labute approximate surface area is 167 Å². The van der Waals surface area contributed by atoms with E-state index >= 15 is 0 Å². The van der Waals surface area contributed by atoms with Crippen LogP contribution in [0.2, 0.25) is 0 Å². The van der Waals surface area contributed by atoms with Crippen molar-refractivity contribution in [1.82, 2.24) is 10.2 Å². The molecule has 0 spiro atoms. The van der Waals surface area contributed by atoms with E-state index in [1.54, 1.807) is 4.90 Å². The van der Waals surface area contributed by atoms with E-state index in [1.165, 1.54) is 0 Å². The van der Waals surface area contributed by atoms with Gasteiger partial charge in [-0.15, -0.1) is 0 Å². The van der Waals surface area contributed by atoms with Gasteiger partial charge in [-0.05, 0) is 37.5 Å². The van der Waals surface area contributed by atoms with Crippen LogP contribution < -0.4 is 10.1 Å². The minimum Gasteiger partial charge on any atom is -0.484 e. The molecule has 1 N–H and O–H groups in total. The largest absolute Gasteiger partial charge is 0.484 e. The fraction of sp³-hybridized carbons (Fsp3) is 0.391. The maximum absolute atomic E-state index is 13.0.